The predicted molar refractivity (Wildman–Crippen MR) is 114 cm³/mol. The molecule has 0 saturated heterocycles. The second-order valence-corrected chi connectivity index (χ2v) is 8.05. The number of unbranched alkanes of at least 4 members (excludes halogenated alkanes) is 5. The molecule has 27 heavy (non-hydrogen) atoms. The third-order valence-corrected chi connectivity index (χ3v) is 5.52. The third kappa shape index (κ3) is 6.20. The van der Waals surface area contributed by atoms with Crippen LogP contribution in [0, 0.1) is 20.8 Å². The largest absolute Gasteiger partial charge is 0.483 e. The van der Waals surface area contributed by atoms with Crippen molar-refractivity contribution in [3.63, 3.8) is 0 Å². The van der Waals surface area contributed by atoms with E-state index in [4.69, 9.17) is 4.74 Å². The SMILES string of the molecule is CCCCCCCCc1c(C)nn(C(=O)COc2ccc(C)cc2Br)c1C. The number of rotatable bonds is 10. The zero-order valence-corrected chi connectivity index (χ0v) is 18.6. The minimum Gasteiger partial charge on any atom is -0.483 e. The number of benzene rings is 1. The lowest BCUT2D eigenvalue weighted by Gasteiger charge is -2.09. The molecule has 0 aliphatic rings. The van der Waals surface area contributed by atoms with Crippen LogP contribution in [0.4, 0.5) is 0 Å². The van der Waals surface area contributed by atoms with Gasteiger partial charge < -0.3 is 4.74 Å². The molecular weight excluding hydrogens is 404 g/mol. The lowest BCUT2D eigenvalue weighted by atomic mass is 10.0. The molecule has 0 N–H and O–H groups in total. The molecule has 0 radical (unpaired) electrons. The van der Waals surface area contributed by atoms with Crippen molar-refractivity contribution in [1.82, 2.24) is 9.78 Å². The van der Waals surface area contributed by atoms with E-state index in [1.807, 2.05) is 39.0 Å². The Morgan fingerprint density at radius 3 is 2.52 bits per heavy atom. The van der Waals surface area contributed by atoms with Gasteiger partial charge in [-0.3, -0.25) is 4.79 Å². The van der Waals surface area contributed by atoms with E-state index >= 15 is 0 Å². The predicted octanol–water partition coefficient (Wildman–Crippen LogP) is 6.19. The smallest absolute Gasteiger partial charge is 0.284 e. The first kappa shape index (κ1) is 21.7. The van der Waals surface area contributed by atoms with Gasteiger partial charge in [0, 0.05) is 5.69 Å². The molecule has 0 atom stereocenters. The van der Waals surface area contributed by atoms with E-state index in [9.17, 15) is 4.79 Å². The van der Waals surface area contributed by atoms with Crippen molar-refractivity contribution >= 4 is 21.8 Å². The van der Waals surface area contributed by atoms with Crippen LogP contribution < -0.4 is 4.74 Å². The van der Waals surface area contributed by atoms with E-state index in [2.05, 4.69) is 28.0 Å². The minimum absolute atomic E-state index is 0.0277. The summed E-state index contributed by atoms with van der Waals surface area (Å²) < 4.78 is 8.05. The van der Waals surface area contributed by atoms with Gasteiger partial charge in [-0.1, -0.05) is 45.1 Å². The highest BCUT2D eigenvalue weighted by atomic mass is 79.9. The maximum atomic E-state index is 12.6. The van der Waals surface area contributed by atoms with Gasteiger partial charge in [-0.05, 0) is 72.8 Å². The van der Waals surface area contributed by atoms with Crippen LogP contribution in [0.5, 0.6) is 5.75 Å². The molecule has 2 rings (SSSR count). The van der Waals surface area contributed by atoms with Crippen LogP contribution in [0.2, 0.25) is 0 Å². The van der Waals surface area contributed by atoms with Crippen LogP contribution in [-0.2, 0) is 6.42 Å². The number of hydrogen-bond donors (Lipinski definition) is 0. The fraction of sp³-hybridized carbons (Fsp3) is 0.545. The molecule has 2 aromatic rings. The molecule has 0 bridgehead atoms. The third-order valence-electron chi connectivity index (χ3n) is 4.90. The number of ether oxygens (including phenoxy) is 1. The van der Waals surface area contributed by atoms with Crippen molar-refractivity contribution in [1.29, 1.82) is 0 Å². The van der Waals surface area contributed by atoms with Crippen molar-refractivity contribution in [3.8, 4) is 5.75 Å². The lowest BCUT2D eigenvalue weighted by molar-refractivity contribution is 0.0817. The summed E-state index contributed by atoms with van der Waals surface area (Å²) in [5.41, 5.74) is 4.23. The number of halogens is 1. The number of hydrogen-bond acceptors (Lipinski definition) is 3. The van der Waals surface area contributed by atoms with Gasteiger partial charge in [0.05, 0.1) is 10.2 Å². The van der Waals surface area contributed by atoms with Crippen LogP contribution >= 0.6 is 15.9 Å². The van der Waals surface area contributed by atoms with E-state index in [0.29, 0.717) is 5.75 Å². The number of carbonyl (C=O) groups excluding carboxylic acids is 1. The molecule has 0 saturated carbocycles. The number of nitrogens with zero attached hydrogens (tertiary/aromatic N) is 2. The topological polar surface area (TPSA) is 44.1 Å². The lowest BCUT2D eigenvalue weighted by Crippen LogP contribution is -2.22. The summed E-state index contributed by atoms with van der Waals surface area (Å²) in [7, 11) is 0. The van der Waals surface area contributed by atoms with Gasteiger partial charge in [-0.2, -0.15) is 5.10 Å². The van der Waals surface area contributed by atoms with Crippen LogP contribution in [0.1, 0.15) is 72.8 Å². The summed E-state index contributed by atoms with van der Waals surface area (Å²) in [6, 6.07) is 5.81. The molecule has 0 aliphatic heterocycles. The number of aryl methyl sites for hydroxylation is 2. The molecule has 1 heterocycles. The van der Waals surface area contributed by atoms with Gasteiger partial charge in [0.25, 0.3) is 5.91 Å². The van der Waals surface area contributed by atoms with E-state index in [-0.39, 0.29) is 12.5 Å². The van der Waals surface area contributed by atoms with Crippen molar-refractivity contribution < 1.29 is 9.53 Å². The van der Waals surface area contributed by atoms with E-state index < -0.39 is 0 Å². The standard InChI is InChI=1S/C22H31BrN2O2/c1-5-6-7-8-9-10-11-19-17(3)24-25(18(19)4)22(26)15-27-21-13-12-16(2)14-20(21)23/h12-14H,5-11,15H2,1-4H3. The van der Waals surface area contributed by atoms with Crippen LogP contribution in [-0.4, -0.2) is 22.3 Å². The van der Waals surface area contributed by atoms with Gasteiger partial charge >= 0.3 is 0 Å². The average molecular weight is 435 g/mol. The summed E-state index contributed by atoms with van der Waals surface area (Å²) in [5, 5.41) is 4.46. The zero-order valence-electron chi connectivity index (χ0n) is 17.0. The Hall–Kier alpha value is -1.62. The maximum absolute atomic E-state index is 12.6. The average Bonchev–Trinajstić information content (AvgIpc) is 2.91. The van der Waals surface area contributed by atoms with Crippen molar-refractivity contribution in [2.75, 3.05) is 6.61 Å². The summed E-state index contributed by atoms with van der Waals surface area (Å²) in [6.45, 7) is 8.19. The maximum Gasteiger partial charge on any atom is 0.284 e. The first-order valence-corrected chi connectivity index (χ1v) is 10.7. The molecule has 0 fully saturated rings. The first-order valence-electron chi connectivity index (χ1n) is 9.91. The van der Waals surface area contributed by atoms with E-state index in [1.165, 1.54) is 42.3 Å². The summed E-state index contributed by atoms with van der Waals surface area (Å²) >= 11 is 3.48. The summed E-state index contributed by atoms with van der Waals surface area (Å²) in [6.07, 6.45) is 8.58. The second-order valence-electron chi connectivity index (χ2n) is 7.20. The number of aromatic nitrogens is 2. The molecule has 1 aromatic heterocycles. The summed E-state index contributed by atoms with van der Waals surface area (Å²) in [5.74, 6) is 0.528. The van der Waals surface area contributed by atoms with Crippen LogP contribution in [0.15, 0.2) is 22.7 Å². The first-order chi connectivity index (χ1) is 12.9. The Kier molecular flexibility index (Phi) is 8.55. The Balaban J connectivity index is 1.92. The Morgan fingerprint density at radius 1 is 1.11 bits per heavy atom. The highest BCUT2D eigenvalue weighted by Crippen LogP contribution is 2.26. The van der Waals surface area contributed by atoms with E-state index in [1.54, 1.807) is 0 Å². The summed E-state index contributed by atoms with van der Waals surface area (Å²) in [4.78, 5) is 12.6. The molecule has 0 unspecified atom stereocenters. The quantitative estimate of drug-likeness (QED) is 0.418. The minimum atomic E-state index is -0.141. The van der Waals surface area contributed by atoms with E-state index in [0.717, 1.165) is 34.3 Å². The second kappa shape index (κ2) is 10.6. The molecule has 1 aromatic carbocycles. The monoisotopic (exact) mass is 434 g/mol. The fourth-order valence-corrected chi connectivity index (χ4v) is 3.89. The van der Waals surface area contributed by atoms with Gasteiger partial charge in [-0.25, -0.2) is 4.68 Å². The highest BCUT2D eigenvalue weighted by Gasteiger charge is 2.17. The van der Waals surface area contributed by atoms with Crippen molar-refractivity contribution in [2.45, 2.75) is 72.6 Å². The van der Waals surface area contributed by atoms with Gasteiger partial charge in [0.1, 0.15) is 5.75 Å². The number of carbonyl (C=O) groups is 1. The molecule has 5 heteroatoms. The molecular formula is C22H31BrN2O2. The molecule has 0 aliphatic carbocycles. The van der Waals surface area contributed by atoms with Crippen LogP contribution in [0.25, 0.3) is 0 Å². The van der Waals surface area contributed by atoms with Gasteiger partial charge in [-0.15, -0.1) is 0 Å². The molecule has 148 valence electrons. The Morgan fingerprint density at radius 2 is 1.81 bits per heavy atom. The van der Waals surface area contributed by atoms with Crippen molar-refractivity contribution in [3.05, 3.63) is 45.2 Å². The molecule has 4 nitrogen and oxygen atoms in total. The van der Waals surface area contributed by atoms with Crippen molar-refractivity contribution in [2.24, 2.45) is 0 Å². The zero-order chi connectivity index (χ0) is 19.8. The Labute approximate surface area is 171 Å². The van der Waals surface area contributed by atoms with Gasteiger partial charge in [0.2, 0.25) is 0 Å². The van der Waals surface area contributed by atoms with Gasteiger partial charge in [0.15, 0.2) is 6.61 Å². The molecule has 0 amide bonds. The normalized spacial score (nSPS) is 11.0. The Bertz CT molecular complexity index is 768. The fourth-order valence-electron chi connectivity index (χ4n) is 3.29. The highest BCUT2D eigenvalue weighted by molar-refractivity contribution is 9.10. The molecule has 0 spiro atoms. The van der Waals surface area contributed by atoms with Crippen LogP contribution in [0.3, 0.4) is 0 Å².